The minimum atomic E-state index is -3.91. The van der Waals surface area contributed by atoms with E-state index in [2.05, 4.69) is 37.3 Å². The number of alkyl carbamates (subject to hydrolysis) is 1. The van der Waals surface area contributed by atoms with Gasteiger partial charge in [0, 0.05) is 30.9 Å². The van der Waals surface area contributed by atoms with Crippen LogP contribution >= 0.6 is 0 Å². The van der Waals surface area contributed by atoms with Crippen LogP contribution < -0.4 is 20.1 Å². The Morgan fingerprint density at radius 1 is 1.18 bits per heavy atom. The van der Waals surface area contributed by atoms with Crippen LogP contribution in [0.1, 0.15) is 58.9 Å². The molecule has 3 N–H and O–H groups in total. The number of carbonyl (C=O) groups is 4. The molecule has 50 heavy (non-hydrogen) atoms. The number of aromatic nitrogens is 4. The summed E-state index contributed by atoms with van der Waals surface area (Å²) in [5.74, 6) is -1.82. The Morgan fingerprint density at radius 2 is 1.88 bits per heavy atom. The van der Waals surface area contributed by atoms with Crippen LogP contribution in [-0.2, 0) is 29.1 Å². The zero-order chi connectivity index (χ0) is 36.4. The van der Waals surface area contributed by atoms with Crippen molar-refractivity contribution < 1.29 is 41.5 Å². The number of nitrogens with zero attached hydrogens (tertiary/aromatic N) is 5. The number of carbonyl (C=O) groups excluding carboxylic acids is 4. The molecular weight excluding hydrogens is 675 g/mol. The average molecular weight is 719 g/mol. The van der Waals surface area contributed by atoms with Gasteiger partial charge in [0.1, 0.15) is 23.4 Å². The molecule has 1 aromatic carbocycles. The summed E-state index contributed by atoms with van der Waals surface area (Å²) in [6.07, 6.45) is 1.54. The first kappa shape index (κ1) is 36.7. The fourth-order valence-electron chi connectivity index (χ4n) is 5.92. The van der Waals surface area contributed by atoms with Gasteiger partial charge in [-0.1, -0.05) is 26.8 Å². The second-order valence-corrected chi connectivity index (χ2v) is 15.8. The van der Waals surface area contributed by atoms with E-state index in [0.29, 0.717) is 30.0 Å². The number of sulfonamides is 1. The van der Waals surface area contributed by atoms with E-state index in [1.807, 2.05) is 0 Å². The molecule has 4 amide bonds. The maximum absolute atomic E-state index is 14.3. The summed E-state index contributed by atoms with van der Waals surface area (Å²) < 4.78 is 50.2. The normalized spacial score (nSPS) is 23.8. The highest BCUT2D eigenvalue weighted by atomic mass is 32.2. The maximum Gasteiger partial charge on any atom is 0.407 e. The largest absolute Gasteiger partial charge is 0.497 e. The third-order valence-corrected chi connectivity index (χ3v) is 10.9. The Balaban J connectivity index is 1.42. The molecule has 2 saturated carbocycles. The van der Waals surface area contributed by atoms with Crippen LogP contribution in [0.4, 0.5) is 9.18 Å². The number of likely N-dealkylation sites (tertiary alicyclic amines) is 1. The van der Waals surface area contributed by atoms with Crippen molar-refractivity contribution >= 4 is 33.8 Å². The summed E-state index contributed by atoms with van der Waals surface area (Å²) in [6, 6.07) is 3.97. The molecule has 0 unspecified atom stereocenters. The minimum Gasteiger partial charge on any atom is -0.497 e. The Morgan fingerprint density at radius 3 is 2.46 bits per heavy atom. The summed E-state index contributed by atoms with van der Waals surface area (Å²) >= 11 is 0. The van der Waals surface area contributed by atoms with Gasteiger partial charge in [-0.2, -0.15) is 4.80 Å². The summed E-state index contributed by atoms with van der Waals surface area (Å²) in [6.45, 7) is 7.95. The van der Waals surface area contributed by atoms with E-state index in [1.165, 1.54) is 15.8 Å². The van der Waals surface area contributed by atoms with Crippen LogP contribution in [-0.4, -0.2) is 107 Å². The van der Waals surface area contributed by atoms with Crippen molar-refractivity contribution in [3.8, 4) is 17.1 Å². The van der Waals surface area contributed by atoms with Crippen LogP contribution in [0.5, 0.6) is 5.75 Å². The zero-order valence-electron chi connectivity index (χ0n) is 28.4. The lowest BCUT2D eigenvalue weighted by atomic mass is 9.85. The highest BCUT2D eigenvalue weighted by Gasteiger charge is 2.62. The van der Waals surface area contributed by atoms with Gasteiger partial charge in [-0.15, -0.1) is 16.8 Å². The highest BCUT2D eigenvalue weighted by Crippen LogP contribution is 2.45. The lowest BCUT2D eigenvalue weighted by molar-refractivity contribution is -0.142. The smallest absolute Gasteiger partial charge is 0.407 e. The van der Waals surface area contributed by atoms with Gasteiger partial charge in [-0.25, -0.2) is 13.2 Å². The van der Waals surface area contributed by atoms with Gasteiger partial charge in [-0.3, -0.25) is 23.5 Å². The number of halogens is 1. The zero-order valence-corrected chi connectivity index (χ0v) is 29.2. The van der Waals surface area contributed by atoms with Crippen LogP contribution in [0.2, 0.25) is 0 Å². The van der Waals surface area contributed by atoms with Gasteiger partial charge >= 0.3 is 6.09 Å². The van der Waals surface area contributed by atoms with Crippen molar-refractivity contribution in [1.82, 2.24) is 40.5 Å². The number of alkyl halides is 1. The molecule has 5 atom stereocenters. The van der Waals surface area contributed by atoms with E-state index in [1.54, 1.807) is 52.1 Å². The number of rotatable bonds is 14. The molecule has 3 aliphatic rings. The lowest BCUT2D eigenvalue weighted by Crippen LogP contribution is -2.60. The number of tetrazole rings is 1. The second kappa shape index (κ2) is 14.3. The standard InChI is InChI=1S/C32H43FN8O8S/c1-6-20-17-32(20,29(44)38-50(46,47)23-12-13-23)35-27(42)24-16-21(41-37-26(36-39-41)19-8-10-22(48-5)11-9-19)18-40(24)28(43)25(31(2,3)4)34-30(45)49-15-7-14-33/h6,8-11,20-21,23-25H,1,7,12-18H2,2-5H3,(H,34,45)(H,35,42)(H,38,44)/t20-,21-,24+,25-,32-/m1/s1. The Kier molecular flexibility index (Phi) is 10.5. The number of hydrogen-bond donors (Lipinski definition) is 3. The maximum atomic E-state index is 14.3. The molecule has 16 nitrogen and oxygen atoms in total. The second-order valence-electron chi connectivity index (χ2n) is 13.9. The number of methoxy groups -OCH3 is 1. The van der Waals surface area contributed by atoms with Crippen molar-refractivity contribution in [1.29, 1.82) is 0 Å². The van der Waals surface area contributed by atoms with Gasteiger partial charge in [0.25, 0.3) is 5.91 Å². The van der Waals surface area contributed by atoms with Gasteiger partial charge in [0.2, 0.25) is 27.7 Å². The first-order valence-corrected chi connectivity index (χ1v) is 17.9. The molecule has 2 aliphatic carbocycles. The lowest BCUT2D eigenvalue weighted by Gasteiger charge is -2.35. The first-order chi connectivity index (χ1) is 23.6. The topological polar surface area (TPSA) is 204 Å². The molecule has 2 aromatic rings. The number of benzene rings is 1. The molecule has 0 spiro atoms. The molecular formula is C32H43FN8O8S. The van der Waals surface area contributed by atoms with Crippen molar-refractivity contribution in [2.45, 2.75) is 81.8 Å². The van der Waals surface area contributed by atoms with E-state index in [4.69, 9.17) is 9.47 Å². The summed E-state index contributed by atoms with van der Waals surface area (Å²) in [5.41, 5.74) is -1.80. The van der Waals surface area contributed by atoms with Gasteiger partial charge < -0.3 is 25.0 Å². The van der Waals surface area contributed by atoms with Crippen molar-refractivity contribution in [2.24, 2.45) is 11.3 Å². The molecule has 1 aromatic heterocycles. The minimum absolute atomic E-state index is 0.00459. The SMILES string of the molecule is C=C[C@@H]1C[C@]1(NC(=O)[C@@H]1C[C@@H](n2nnc(-c3ccc(OC)cc3)n2)CN1C(=O)[C@@H](NC(=O)OCCCF)C(C)(C)C)C(=O)NS(=O)(=O)C1CC1. The Bertz CT molecular complexity index is 1730. The average Bonchev–Trinajstić information content (AvgIpc) is 3.95. The summed E-state index contributed by atoms with van der Waals surface area (Å²) in [7, 11) is -2.37. The number of ether oxygens (including phenoxy) is 2. The summed E-state index contributed by atoms with van der Waals surface area (Å²) in [5, 5.41) is 17.5. The van der Waals surface area contributed by atoms with E-state index < -0.39 is 80.8 Å². The monoisotopic (exact) mass is 718 g/mol. The van der Waals surface area contributed by atoms with Crippen LogP contribution in [0.15, 0.2) is 36.9 Å². The third-order valence-electron chi connectivity index (χ3n) is 9.10. The molecule has 5 rings (SSSR count). The fourth-order valence-corrected chi connectivity index (χ4v) is 7.29. The quantitative estimate of drug-likeness (QED) is 0.189. The van der Waals surface area contributed by atoms with E-state index >= 15 is 0 Å². The van der Waals surface area contributed by atoms with Gasteiger partial charge in [-0.05, 0) is 54.2 Å². The predicted octanol–water partition coefficient (Wildman–Crippen LogP) is 1.66. The highest BCUT2D eigenvalue weighted by molar-refractivity contribution is 7.91. The Labute approximate surface area is 289 Å². The van der Waals surface area contributed by atoms with Crippen LogP contribution in [0.25, 0.3) is 11.4 Å². The van der Waals surface area contributed by atoms with Crippen LogP contribution in [0, 0.1) is 11.3 Å². The molecule has 18 heteroatoms. The van der Waals surface area contributed by atoms with Crippen LogP contribution in [0.3, 0.4) is 0 Å². The number of hydrogen-bond acceptors (Lipinski definition) is 11. The molecule has 272 valence electrons. The van der Waals surface area contributed by atoms with E-state index in [9.17, 15) is 32.0 Å². The third kappa shape index (κ3) is 7.89. The predicted molar refractivity (Wildman–Crippen MR) is 177 cm³/mol. The Hall–Kier alpha value is -4.61. The van der Waals surface area contributed by atoms with Crippen molar-refractivity contribution in [3.05, 3.63) is 36.9 Å². The first-order valence-electron chi connectivity index (χ1n) is 16.4. The van der Waals surface area contributed by atoms with Gasteiger partial charge in [0.15, 0.2) is 0 Å². The molecule has 2 heterocycles. The molecule has 0 radical (unpaired) electrons. The molecule has 0 bridgehead atoms. The molecule has 1 aliphatic heterocycles. The molecule has 3 fully saturated rings. The summed E-state index contributed by atoms with van der Waals surface area (Å²) in [4.78, 5) is 57.0. The van der Waals surface area contributed by atoms with Crippen molar-refractivity contribution in [3.63, 3.8) is 0 Å². The fraction of sp³-hybridized carbons (Fsp3) is 0.594. The number of nitrogens with one attached hydrogen (secondary N) is 3. The number of amides is 4. The van der Waals surface area contributed by atoms with E-state index in [0.717, 1.165) is 0 Å². The molecule has 1 saturated heterocycles. The van der Waals surface area contributed by atoms with Crippen molar-refractivity contribution in [2.75, 3.05) is 26.9 Å². The van der Waals surface area contributed by atoms with E-state index in [-0.39, 0.29) is 32.4 Å². The van der Waals surface area contributed by atoms with Gasteiger partial charge in [0.05, 0.1) is 31.7 Å².